The third-order valence-electron chi connectivity index (χ3n) is 4.75. The largest absolute Gasteiger partial charge is 0.445 e. The van der Waals surface area contributed by atoms with Gasteiger partial charge in [-0.15, -0.1) is 0 Å². The quantitative estimate of drug-likeness (QED) is 0.508. The molecule has 0 radical (unpaired) electrons. The molecule has 2 heterocycles. The molecule has 0 N–H and O–H groups in total. The van der Waals surface area contributed by atoms with Crippen LogP contribution >= 0.6 is 0 Å². The summed E-state index contributed by atoms with van der Waals surface area (Å²) in [5, 5.41) is 0. The predicted molar refractivity (Wildman–Crippen MR) is 93.3 cm³/mol. The van der Waals surface area contributed by atoms with Crippen molar-refractivity contribution in [2.24, 2.45) is 0 Å². The number of hydrogen-bond donors (Lipinski definition) is 0. The Kier molecular flexibility index (Phi) is 5.73. The van der Waals surface area contributed by atoms with Crippen molar-refractivity contribution in [2.75, 3.05) is 33.6 Å². The molecule has 2 saturated heterocycles. The lowest BCUT2D eigenvalue weighted by Gasteiger charge is -2.35. The van der Waals surface area contributed by atoms with Crippen LogP contribution in [0.5, 0.6) is 0 Å². The fourth-order valence-corrected chi connectivity index (χ4v) is 4.14. The molecule has 10 heteroatoms. The van der Waals surface area contributed by atoms with Gasteiger partial charge in [-0.25, -0.2) is 4.79 Å². The van der Waals surface area contributed by atoms with E-state index < -0.39 is 40.2 Å². The topological polar surface area (TPSA) is 101 Å². The van der Waals surface area contributed by atoms with Crippen LogP contribution in [0.1, 0.15) is 5.56 Å². The van der Waals surface area contributed by atoms with Crippen LogP contribution < -0.4 is 0 Å². The first-order valence-electron chi connectivity index (χ1n) is 8.37. The van der Waals surface area contributed by atoms with Crippen LogP contribution in [0.2, 0.25) is 0 Å². The van der Waals surface area contributed by atoms with Crippen LogP contribution in [0.3, 0.4) is 0 Å². The summed E-state index contributed by atoms with van der Waals surface area (Å²) >= 11 is 0. The molecule has 0 aromatic heterocycles. The number of amides is 1. The summed E-state index contributed by atoms with van der Waals surface area (Å²) in [4.78, 5) is 14.1. The Labute approximate surface area is 158 Å². The van der Waals surface area contributed by atoms with E-state index >= 15 is 0 Å². The van der Waals surface area contributed by atoms with E-state index in [1.165, 1.54) is 19.1 Å². The number of likely N-dealkylation sites (tertiary alicyclic amines) is 1. The Morgan fingerprint density at radius 3 is 2.52 bits per heavy atom. The number of fused-ring (bicyclic) bond motifs is 1. The molecule has 0 bridgehead atoms. The molecule has 3 atom stereocenters. The molecule has 27 heavy (non-hydrogen) atoms. The molecule has 3 unspecified atom stereocenters. The molecule has 2 fully saturated rings. The average molecular weight is 401 g/mol. The van der Waals surface area contributed by atoms with E-state index in [2.05, 4.69) is 0 Å². The molecule has 9 nitrogen and oxygen atoms in total. The minimum atomic E-state index is -3.74. The summed E-state index contributed by atoms with van der Waals surface area (Å²) in [6.45, 7) is 0.0882. The number of carbonyl (C=O) groups is 1. The minimum absolute atomic E-state index is 0.0233. The highest BCUT2D eigenvalue weighted by molar-refractivity contribution is 7.86. The second-order valence-electron chi connectivity index (χ2n) is 6.47. The van der Waals surface area contributed by atoms with Crippen molar-refractivity contribution in [1.82, 2.24) is 4.90 Å². The number of hydrogen-bond acceptors (Lipinski definition) is 8. The van der Waals surface area contributed by atoms with Gasteiger partial charge >= 0.3 is 6.09 Å². The maximum atomic E-state index is 12.7. The predicted octanol–water partition coefficient (Wildman–Crippen LogP) is 0.740. The van der Waals surface area contributed by atoms with Gasteiger partial charge in [0, 0.05) is 14.2 Å². The summed E-state index contributed by atoms with van der Waals surface area (Å²) in [6.07, 6.45) is -1.27. The monoisotopic (exact) mass is 401 g/mol. The lowest BCUT2D eigenvalue weighted by molar-refractivity contribution is -0.224. The molecule has 3 rings (SSSR count). The smallest absolute Gasteiger partial charge is 0.410 e. The average Bonchev–Trinajstić information content (AvgIpc) is 3.19. The van der Waals surface area contributed by atoms with E-state index in [0.29, 0.717) is 0 Å². The molecule has 1 aromatic carbocycles. The van der Waals surface area contributed by atoms with Gasteiger partial charge in [-0.05, 0) is 5.56 Å². The fourth-order valence-electron chi connectivity index (χ4n) is 3.52. The summed E-state index contributed by atoms with van der Waals surface area (Å²) in [7, 11) is -0.866. The van der Waals surface area contributed by atoms with Crippen molar-refractivity contribution in [1.29, 1.82) is 0 Å². The van der Waals surface area contributed by atoms with Crippen LogP contribution in [0.15, 0.2) is 30.3 Å². The van der Waals surface area contributed by atoms with Crippen LogP contribution in [-0.4, -0.2) is 77.1 Å². The van der Waals surface area contributed by atoms with Crippen LogP contribution in [0, 0.1) is 0 Å². The second kappa shape index (κ2) is 7.72. The van der Waals surface area contributed by atoms with Gasteiger partial charge in [0.1, 0.15) is 31.5 Å². The first-order valence-corrected chi connectivity index (χ1v) is 10.2. The van der Waals surface area contributed by atoms with E-state index in [0.717, 1.165) is 11.8 Å². The Balaban J connectivity index is 1.80. The molecular weight excluding hydrogens is 378 g/mol. The standard InChI is InChI=1S/C17H23NO8S/c1-22-17(23-2)11-25-14-13(26-27(3,20)21)9-18(15(14)17)16(19)24-10-12-7-5-4-6-8-12/h4-8,13-15H,9-11H2,1-3H3. The fraction of sp³-hybridized carbons (Fsp3) is 0.588. The number of nitrogens with zero attached hydrogens (tertiary/aromatic N) is 1. The SMILES string of the molecule is COC1(OC)COC2C(OS(C)(=O)=O)CN(C(=O)OCc3ccccc3)C21. The number of benzene rings is 1. The highest BCUT2D eigenvalue weighted by Crippen LogP contribution is 2.40. The number of carbonyl (C=O) groups excluding carboxylic acids is 1. The van der Waals surface area contributed by atoms with Gasteiger partial charge in [0.15, 0.2) is 0 Å². The zero-order chi connectivity index (χ0) is 19.7. The number of ether oxygens (including phenoxy) is 4. The van der Waals surface area contributed by atoms with Gasteiger partial charge in [-0.3, -0.25) is 9.08 Å². The molecule has 0 saturated carbocycles. The van der Waals surface area contributed by atoms with Gasteiger partial charge in [0.2, 0.25) is 5.79 Å². The van der Waals surface area contributed by atoms with Crippen molar-refractivity contribution in [2.45, 2.75) is 30.6 Å². The Hall–Kier alpha value is -1.72. The third-order valence-corrected chi connectivity index (χ3v) is 5.34. The molecule has 1 aromatic rings. The van der Waals surface area contributed by atoms with Crippen molar-refractivity contribution in [3.63, 3.8) is 0 Å². The molecule has 2 aliphatic rings. The molecule has 0 aliphatic carbocycles. The normalized spacial score (nSPS) is 26.8. The van der Waals surface area contributed by atoms with E-state index in [9.17, 15) is 13.2 Å². The third kappa shape index (κ3) is 4.09. The van der Waals surface area contributed by atoms with E-state index in [-0.39, 0.29) is 19.8 Å². The minimum Gasteiger partial charge on any atom is -0.445 e. The van der Waals surface area contributed by atoms with Crippen LogP contribution in [0.25, 0.3) is 0 Å². The zero-order valence-electron chi connectivity index (χ0n) is 15.4. The van der Waals surface area contributed by atoms with Gasteiger partial charge in [-0.2, -0.15) is 8.42 Å². The Morgan fingerprint density at radius 2 is 1.93 bits per heavy atom. The first kappa shape index (κ1) is 20.0. The van der Waals surface area contributed by atoms with Crippen LogP contribution in [0.4, 0.5) is 4.79 Å². The van der Waals surface area contributed by atoms with E-state index in [1.54, 1.807) is 0 Å². The summed E-state index contributed by atoms with van der Waals surface area (Å²) in [5.41, 5.74) is 0.831. The summed E-state index contributed by atoms with van der Waals surface area (Å²) in [5.74, 6) is -1.23. The van der Waals surface area contributed by atoms with E-state index in [4.69, 9.17) is 23.1 Å². The van der Waals surface area contributed by atoms with Gasteiger partial charge in [0.05, 0.1) is 12.8 Å². The Morgan fingerprint density at radius 1 is 1.26 bits per heavy atom. The first-order chi connectivity index (χ1) is 12.8. The van der Waals surface area contributed by atoms with Gasteiger partial charge < -0.3 is 18.9 Å². The summed E-state index contributed by atoms with van der Waals surface area (Å²) < 4.78 is 50.3. The van der Waals surface area contributed by atoms with Crippen molar-refractivity contribution in [3.05, 3.63) is 35.9 Å². The lowest BCUT2D eigenvalue weighted by atomic mass is 10.1. The molecule has 2 aliphatic heterocycles. The van der Waals surface area contributed by atoms with Gasteiger partial charge in [-0.1, -0.05) is 30.3 Å². The molecule has 0 spiro atoms. The maximum Gasteiger partial charge on any atom is 0.410 e. The van der Waals surface area contributed by atoms with Crippen molar-refractivity contribution < 1.29 is 36.3 Å². The highest BCUT2D eigenvalue weighted by atomic mass is 32.2. The lowest BCUT2D eigenvalue weighted by Crippen LogP contribution is -2.55. The number of methoxy groups -OCH3 is 2. The van der Waals surface area contributed by atoms with Crippen molar-refractivity contribution >= 4 is 16.2 Å². The van der Waals surface area contributed by atoms with Crippen molar-refractivity contribution in [3.8, 4) is 0 Å². The van der Waals surface area contributed by atoms with Gasteiger partial charge in [0.25, 0.3) is 10.1 Å². The molecular formula is C17H23NO8S. The van der Waals surface area contributed by atoms with Crippen LogP contribution in [-0.2, 0) is 39.9 Å². The van der Waals surface area contributed by atoms with E-state index in [1.807, 2.05) is 30.3 Å². The highest BCUT2D eigenvalue weighted by Gasteiger charge is 2.63. The Bertz CT molecular complexity index is 764. The summed E-state index contributed by atoms with van der Waals surface area (Å²) in [6, 6.07) is 8.52. The maximum absolute atomic E-state index is 12.7. The second-order valence-corrected chi connectivity index (χ2v) is 8.07. The zero-order valence-corrected chi connectivity index (χ0v) is 16.2. The molecule has 150 valence electrons. The molecule has 1 amide bonds. The number of rotatable bonds is 6.